The number of rotatable bonds is 3. The van der Waals surface area contributed by atoms with Gasteiger partial charge >= 0.3 is 0 Å². The van der Waals surface area contributed by atoms with Crippen molar-refractivity contribution in [2.24, 2.45) is 0 Å². The first-order chi connectivity index (χ1) is 12.3. The molecule has 1 N–H and O–H groups in total. The van der Waals surface area contributed by atoms with Gasteiger partial charge in [0.25, 0.3) is 16.4 Å². The quantitative estimate of drug-likeness (QED) is 0.641. The van der Waals surface area contributed by atoms with Gasteiger partial charge in [0, 0.05) is 44.5 Å². The molecule has 1 radical (unpaired) electrons. The number of aryl methyl sites for hydroxylation is 1. The molecule has 9 heteroatoms. The van der Waals surface area contributed by atoms with Gasteiger partial charge in [-0.1, -0.05) is 38.1 Å². The molecule has 0 bridgehead atoms. The molecule has 0 atom stereocenters. The summed E-state index contributed by atoms with van der Waals surface area (Å²) in [5.74, 6) is -0.537. The largest absolute Gasteiger partial charge is 0.504 e. The van der Waals surface area contributed by atoms with Crippen LogP contribution in [0.2, 0.25) is 0 Å². The molecule has 1 aromatic heterocycles. The maximum absolute atomic E-state index is 13.0. The van der Waals surface area contributed by atoms with E-state index in [9.17, 15) is 22.3 Å². The number of alkyl halides is 2. The summed E-state index contributed by atoms with van der Waals surface area (Å²) in [6.07, 6.45) is -1.51. The van der Waals surface area contributed by atoms with Gasteiger partial charge in [0.2, 0.25) is 0 Å². The van der Waals surface area contributed by atoms with Gasteiger partial charge in [0.15, 0.2) is 5.76 Å². The molecule has 2 heterocycles. The summed E-state index contributed by atoms with van der Waals surface area (Å²) in [7, 11) is -4.35. The smallest absolute Gasteiger partial charge is 0.268 e. The van der Waals surface area contributed by atoms with Crippen LogP contribution in [0.4, 0.5) is 14.5 Å². The Bertz CT molecular complexity index is 934. The van der Waals surface area contributed by atoms with Gasteiger partial charge in [-0.2, -0.15) is 0 Å². The number of anilines is 1. The van der Waals surface area contributed by atoms with E-state index in [0.29, 0.717) is 9.87 Å². The van der Waals surface area contributed by atoms with E-state index >= 15 is 0 Å². The zero-order valence-electron chi connectivity index (χ0n) is 16.2. The van der Waals surface area contributed by atoms with E-state index < -0.39 is 33.7 Å². The van der Waals surface area contributed by atoms with Crippen LogP contribution in [0.5, 0.6) is 0 Å². The maximum Gasteiger partial charge on any atom is 0.268 e. The van der Waals surface area contributed by atoms with Gasteiger partial charge in [-0.15, -0.1) is 0 Å². The molecule has 1 aliphatic rings. The predicted octanol–water partition coefficient (Wildman–Crippen LogP) is 4.66. The second kappa shape index (κ2) is 11.0. The van der Waals surface area contributed by atoms with Gasteiger partial charge in [-0.25, -0.2) is 17.2 Å². The predicted molar refractivity (Wildman–Crippen MR) is 105 cm³/mol. The molecule has 0 amide bonds. The Morgan fingerprint density at radius 2 is 1.75 bits per heavy atom. The first-order valence-corrected chi connectivity index (χ1v) is 9.53. The number of aromatic nitrogens is 1. The molecular weight excluding hydrogens is 463 g/mol. The first-order valence-electron chi connectivity index (χ1n) is 8.09. The van der Waals surface area contributed by atoms with Crippen molar-refractivity contribution < 1.29 is 55.0 Å². The number of fused-ring (bicyclic) bond motifs is 1. The van der Waals surface area contributed by atoms with Crippen molar-refractivity contribution in [1.29, 1.82) is 0 Å². The van der Waals surface area contributed by atoms with Crippen molar-refractivity contribution in [3.05, 3.63) is 66.8 Å². The van der Waals surface area contributed by atoms with E-state index in [-0.39, 0.29) is 57.1 Å². The van der Waals surface area contributed by atoms with E-state index in [4.69, 9.17) is 0 Å². The van der Waals surface area contributed by atoms with E-state index in [1.807, 2.05) is 13.8 Å². The van der Waals surface area contributed by atoms with Crippen LogP contribution in [0.25, 0.3) is 10.7 Å². The van der Waals surface area contributed by atoms with Gasteiger partial charge < -0.3 is 12.5 Å². The van der Waals surface area contributed by atoms with Crippen LogP contribution in [-0.2, 0) is 42.7 Å². The minimum atomic E-state index is -4.35. The Morgan fingerprint density at radius 1 is 1.14 bits per heavy atom. The number of sulfonamides is 1. The topological polar surface area (TPSA) is 70.5 Å². The molecule has 0 spiro atoms. The summed E-state index contributed by atoms with van der Waals surface area (Å²) in [4.78, 5) is 3.56. The number of aliphatic hydroxyl groups is 1. The number of hydrogen-bond donors (Lipinski definition) is 1. The summed E-state index contributed by atoms with van der Waals surface area (Å²) in [5, 5.41) is 10.5. The fraction of sp³-hybridized carbons (Fsp3) is 0.263. The van der Waals surface area contributed by atoms with Gasteiger partial charge in [-0.3, -0.25) is 9.29 Å². The fourth-order valence-corrected chi connectivity index (χ4v) is 4.45. The summed E-state index contributed by atoms with van der Waals surface area (Å²) in [5.41, 5.74) is 0.753. The second-order valence-electron chi connectivity index (χ2n) is 5.29. The van der Waals surface area contributed by atoms with Crippen LogP contribution in [-0.4, -0.2) is 31.5 Å². The summed E-state index contributed by atoms with van der Waals surface area (Å²) < 4.78 is 52.4. The third-order valence-electron chi connectivity index (χ3n) is 3.74. The molecule has 0 aliphatic carbocycles. The van der Waals surface area contributed by atoms with E-state index in [0.717, 1.165) is 0 Å². The summed E-state index contributed by atoms with van der Waals surface area (Å²) >= 11 is 0. The van der Waals surface area contributed by atoms with Gasteiger partial charge in [-0.05, 0) is 24.6 Å². The normalized spacial score (nSPS) is 14.3. The van der Waals surface area contributed by atoms with Gasteiger partial charge in [0.1, 0.15) is 10.6 Å². The van der Waals surface area contributed by atoms with Crippen LogP contribution >= 0.6 is 0 Å². The van der Waals surface area contributed by atoms with E-state index in [2.05, 4.69) is 4.98 Å². The SMILES string of the molecule is CC.Cc1ccccc1C1=C(O)c2ncccc2N(CC(F)F)S1(=O)=O.[CH3-].[Y]. The minimum Gasteiger partial charge on any atom is -0.504 e. The average molecular weight is 486 g/mol. The molecule has 5 nitrogen and oxygen atoms in total. The Balaban J connectivity index is 0.00000177. The molecular formula is C19H23F2N2O3SY-. The minimum absolute atomic E-state index is 0. The fourth-order valence-electron chi connectivity index (χ4n) is 2.67. The van der Waals surface area contributed by atoms with Crippen molar-refractivity contribution >= 4 is 26.4 Å². The molecule has 2 aromatic rings. The first kappa shape index (κ1) is 26.6. The Morgan fingerprint density at radius 3 is 2.32 bits per heavy atom. The van der Waals surface area contributed by atoms with E-state index in [1.165, 1.54) is 24.4 Å². The molecule has 3 rings (SSSR count). The standard InChI is InChI=1S/C16H14F2N2O3S.C2H6.CH3.Y/c1-10-5-2-3-6-11(10)16-15(21)14-12(7-4-8-19-14)20(9-13(17)18)24(16,22)23;1-2;;/h2-8,13,21H,9H2,1H3;1-2H3;1H3;/q;;-1;. The number of pyridine rings is 1. The zero-order valence-corrected chi connectivity index (χ0v) is 19.9. The molecule has 0 fully saturated rings. The molecule has 1 aromatic carbocycles. The summed E-state index contributed by atoms with van der Waals surface area (Å²) in [6.45, 7) is 4.67. The van der Waals surface area contributed by atoms with Crippen LogP contribution in [0.3, 0.4) is 0 Å². The third kappa shape index (κ3) is 4.96. The van der Waals surface area contributed by atoms with Crippen molar-refractivity contribution in [3.63, 3.8) is 0 Å². The van der Waals surface area contributed by atoms with Crippen molar-refractivity contribution in [1.82, 2.24) is 4.98 Å². The van der Waals surface area contributed by atoms with Crippen LogP contribution in [0.15, 0.2) is 42.6 Å². The van der Waals surface area contributed by atoms with Gasteiger partial charge in [0.05, 0.1) is 12.2 Å². The molecule has 0 saturated carbocycles. The molecule has 151 valence electrons. The average Bonchev–Trinajstić information content (AvgIpc) is 2.62. The number of halogens is 2. The summed E-state index contributed by atoms with van der Waals surface area (Å²) in [6, 6.07) is 9.30. The van der Waals surface area contributed by atoms with Crippen molar-refractivity contribution in [3.8, 4) is 0 Å². The Labute approximate surface area is 190 Å². The number of hydrogen-bond acceptors (Lipinski definition) is 4. The monoisotopic (exact) mass is 486 g/mol. The Kier molecular flexibility index (Phi) is 10.4. The van der Waals surface area contributed by atoms with Crippen molar-refractivity contribution in [2.45, 2.75) is 27.2 Å². The number of nitrogens with zero attached hydrogens (tertiary/aromatic N) is 2. The zero-order chi connectivity index (χ0) is 19.5. The second-order valence-corrected chi connectivity index (χ2v) is 7.09. The Hall–Kier alpha value is -1.38. The van der Waals surface area contributed by atoms with Crippen LogP contribution < -0.4 is 4.31 Å². The molecule has 0 saturated heterocycles. The third-order valence-corrected chi connectivity index (χ3v) is 5.59. The molecule has 0 unspecified atom stereocenters. The molecule has 1 aliphatic heterocycles. The molecule has 28 heavy (non-hydrogen) atoms. The van der Waals surface area contributed by atoms with E-state index in [1.54, 1.807) is 25.1 Å². The van der Waals surface area contributed by atoms with Crippen LogP contribution in [0, 0.1) is 14.4 Å². The number of aliphatic hydroxyl groups excluding tert-OH is 1. The van der Waals surface area contributed by atoms with Crippen LogP contribution in [0.1, 0.15) is 30.7 Å². The van der Waals surface area contributed by atoms with Crippen molar-refractivity contribution in [2.75, 3.05) is 10.8 Å². The maximum atomic E-state index is 13.0. The number of benzene rings is 1.